The first-order valence-corrected chi connectivity index (χ1v) is 9.16. The Balaban J connectivity index is 3.29. The van der Waals surface area contributed by atoms with Crippen molar-refractivity contribution in [2.75, 3.05) is 18.9 Å². The van der Waals surface area contributed by atoms with Gasteiger partial charge in [-0.1, -0.05) is 51.9 Å². The second kappa shape index (κ2) is 11.3. The van der Waals surface area contributed by atoms with E-state index in [1.54, 1.807) is 0 Å². The first-order chi connectivity index (χ1) is 8.12. The van der Waals surface area contributed by atoms with Gasteiger partial charge in [-0.05, 0) is 19.4 Å². The zero-order chi connectivity index (χ0) is 13.0. The Labute approximate surface area is 107 Å². The maximum atomic E-state index is 11.6. The minimum Gasteiger partial charge on any atom is -0.344 e. The highest BCUT2D eigenvalue weighted by atomic mass is 31.2. The van der Waals surface area contributed by atoms with E-state index in [4.69, 9.17) is 5.73 Å². The van der Waals surface area contributed by atoms with Crippen molar-refractivity contribution in [2.45, 2.75) is 64.7 Å². The van der Waals surface area contributed by atoms with Crippen LogP contribution in [0.4, 0.5) is 0 Å². The van der Waals surface area contributed by atoms with Crippen LogP contribution in [0.3, 0.4) is 0 Å². The summed E-state index contributed by atoms with van der Waals surface area (Å²) >= 11 is 0. The lowest BCUT2D eigenvalue weighted by atomic mass is 10.1. The normalized spacial score (nSPS) is 14.8. The van der Waals surface area contributed by atoms with Crippen molar-refractivity contribution >= 4 is 7.37 Å². The number of unbranched alkanes of at least 4 members (excludes halogenated alkanes) is 7. The lowest BCUT2D eigenvalue weighted by Gasteiger charge is -2.10. The average molecular weight is 263 g/mol. The van der Waals surface area contributed by atoms with Gasteiger partial charge in [0.15, 0.2) is 0 Å². The lowest BCUT2D eigenvalue weighted by Crippen LogP contribution is -2.03. The molecule has 0 bridgehead atoms. The molecular weight excluding hydrogens is 233 g/mol. The molecule has 0 aliphatic heterocycles. The molecule has 3 nitrogen and oxygen atoms in total. The molecule has 1 atom stereocenters. The summed E-state index contributed by atoms with van der Waals surface area (Å²) < 4.78 is 11.6. The topological polar surface area (TPSA) is 63.3 Å². The van der Waals surface area contributed by atoms with Crippen LogP contribution in [0.25, 0.3) is 0 Å². The van der Waals surface area contributed by atoms with E-state index in [0.717, 1.165) is 12.8 Å². The summed E-state index contributed by atoms with van der Waals surface area (Å²) in [6.07, 6.45) is 11.3. The van der Waals surface area contributed by atoms with Crippen LogP contribution in [0.5, 0.6) is 0 Å². The van der Waals surface area contributed by atoms with Gasteiger partial charge in [-0.15, -0.1) is 0 Å². The van der Waals surface area contributed by atoms with Gasteiger partial charge in [-0.25, -0.2) is 0 Å². The van der Waals surface area contributed by atoms with Crippen molar-refractivity contribution < 1.29 is 9.46 Å². The minimum atomic E-state index is -2.86. The SMILES string of the molecule is CCCCCCCCCCP(=O)(O)CCCN. The van der Waals surface area contributed by atoms with E-state index in [1.165, 1.54) is 38.5 Å². The molecule has 0 aliphatic carbocycles. The quantitative estimate of drug-likeness (QED) is 0.416. The third-order valence-corrected chi connectivity index (χ3v) is 5.10. The van der Waals surface area contributed by atoms with E-state index < -0.39 is 7.37 Å². The molecule has 3 N–H and O–H groups in total. The maximum Gasteiger partial charge on any atom is 0.200 e. The predicted octanol–water partition coefficient (Wildman–Crippen LogP) is 3.75. The van der Waals surface area contributed by atoms with Crippen molar-refractivity contribution in [3.63, 3.8) is 0 Å². The van der Waals surface area contributed by atoms with Gasteiger partial charge in [-0.3, -0.25) is 4.57 Å². The molecule has 0 aromatic heterocycles. The molecule has 0 amide bonds. The van der Waals surface area contributed by atoms with Crippen molar-refractivity contribution in [3.05, 3.63) is 0 Å². The van der Waals surface area contributed by atoms with Crippen molar-refractivity contribution in [3.8, 4) is 0 Å². The first-order valence-electron chi connectivity index (χ1n) is 7.13. The summed E-state index contributed by atoms with van der Waals surface area (Å²) in [5.41, 5.74) is 5.34. The third-order valence-electron chi connectivity index (χ3n) is 3.07. The Bertz CT molecular complexity index is 210. The van der Waals surface area contributed by atoms with Gasteiger partial charge >= 0.3 is 0 Å². The average Bonchev–Trinajstić information content (AvgIpc) is 2.30. The standard InChI is InChI=1S/C13H30NO2P/c1-2-3-4-5-6-7-8-9-12-17(15,16)13-10-11-14/h2-14H2,1H3,(H,15,16). The van der Waals surface area contributed by atoms with Crippen LogP contribution in [0.1, 0.15) is 64.7 Å². The van der Waals surface area contributed by atoms with E-state index in [1.807, 2.05) is 0 Å². The van der Waals surface area contributed by atoms with Gasteiger partial charge in [0.25, 0.3) is 0 Å². The summed E-state index contributed by atoms with van der Waals surface area (Å²) in [5.74, 6) is 0. The minimum absolute atomic E-state index is 0.403. The van der Waals surface area contributed by atoms with Gasteiger partial charge in [-0.2, -0.15) is 0 Å². The molecule has 0 heterocycles. The van der Waals surface area contributed by atoms with Crippen LogP contribution in [-0.4, -0.2) is 23.8 Å². The van der Waals surface area contributed by atoms with Crippen molar-refractivity contribution in [2.24, 2.45) is 5.73 Å². The fraction of sp³-hybridized carbons (Fsp3) is 1.00. The highest BCUT2D eigenvalue weighted by molar-refractivity contribution is 7.57. The van der Waals surface area contributed by atoms with Crippen LogP contribution >= 0.6 is 7.37 Å². The largest absolute Gasteiger partial charge is 0.344 e. The predicted molar refractivity (Wildman–Crippen MR) is 75.8 cm³/mol. The third kappa shape index (κ3) is 12.4. The maximum absolute atomic E-state index is 11.6. The molecule has 0 aromatic carbocycles. The van der Waals surface area contributed by atoms with Gasteiger partial charge in [0.05, 0.1) is 0 Å². The highest BCUT2D eigenvalue weighted by Gasteiger charge is 2.15. The number of rotatable bonds is 12. The van der Waals surface area contributed by atoms with E-state index in [0.29, 0.717) is 25.3 Å². The molecule has 4 heteroatoms. The fourth-order valence-corrected chi connectivity index (χ4v) is 3.56. The second-order valence-corrected chi connectivity index (χ2v) is 7.50. The highest BCUT2D eigenvalue weighted by Crippen LogP contribution is 2.41. The van der Waals surface area contributed by atoms with Crippen LogP contribution in [0.15, 0.2) is 0 Å². The van der Waals surface area contributed by atoms with Gasteiger partial charge in [0, 0.05) is 12.3 Å². The monoisotopic (exact) mass is 263 g/mol. The summed E-state index contributed by atoms with van der Waals surface area (Å²) in [4.78, 5) is 9.62. The molecule has 0 saturated heterocycles. The lowest BCUT2D eigenvalue weighted by molar-refractivity contribution is 0.471. The molecule has 0 aliphatic rings. The molecule has 0 spiro atoms. The smallest absolute Gasteiger partial charge is 0.200 e. The molecule has 0 radical (unpaired) electrons. The Kier molecular flexibility index (Phi) is 11.4. The molecule has 17 heavy (non-hydrogen) atoms. The molecule has 0 rings (SSSR count). The molecule has 0 aromatic rings. The number of hydrogen-bond donors (Lipinski definition) is 2. The van der Waals surface area contributed by atoms with E-state index in [9.17, 15) is 9.46 Å². The summed E-state index contributed by atoms with van der Waals surface area (Å²) in [7, 11) is -2.86. The van der Waals surface area contributed by atoms with Crippen molar-refractivity contribution in [1.29, 1.82) is 0 Å². The number of hydrogen-bond acceptors (Lipinski definition) is 2. The molecule has 0 saturated carbocycles. The molecule has 104 valence electrons. The van der Waals surface area contributed by atoms with Crippen LogP contribution in [0.2, 0.25) is 0 Å². The van der Waals surface area contributed by atoms with Crippen LogP contribution < -0.4 is 5.73 Å². The molecule has 1 unspecified atom stereocenters. The van der Waals surface area contributed by atoms with E-state index >= 15 is 0 Å². The Morgan fingerprint density at radius 1 is 0.882 bits per heavy atom. The Hall–Kier alpha value is 0.150. The Morgan fingerprint density at radius 3 is 1.88 bits per heavy atom. The summed E-state index contributed by atoms with van der Waals surface area (Å²) in [6.45, 7) is 2.74. The summed E-state index contributed by atoms with van der Waals surface area (Å²) in [6, 6.07) is 0. The fourth-order valence-electron chi connectivity index (χ4n) is 1.94. The van der Waals surface area contributed by atoms with Crippen molar-refractivity contribution in [1.82, 2.24) is 0 Å². The molecular formula is C13H30NO2P. The summed E-state index contributed by atoms with van der Waals surface area (Å²) in [5, 5.41) is 0. The Morgan fingerprint density at radius 2 is 1.35 bits per heavy atom. The van der Waals surface area contributed by atoms with Gasteiger partial charge in [0.1, 0.15) is 0 Å². The van der Waals surface area contributed by atoms with E-state index in [2.05, 4.69) is 6.92 Å². The number of nitrogens with two attached hydrogens (primary N) is 1. The molecule has 0 fully saturated rings. The van der Waals surface area contributed by atoms with Crippen LogP contribution in [-0.2, 0) is 4.57 Å². The second-order valence-electron chi connectivity index (χ2n) is 4.91. The van der Waals surface area contributed by atoms with Crippen LogP contribution in [0, 0.1) is 0 Å². The zero-order valence-corrected chi connectivity index (χ0v) is 12.3. The van der Waals surface area contributed by atoms with Gasteiger partial charge in [0.2, 0.25) is 7.37 Å². The van der Waals surface area contributed by atoms with E-state index in [-0.39, 0.29) is 0 Å². The van der Waals surface area contributed by atoms with Gasteiger partial charge < -0.3 is 10.6 Å². The zero-order valence-electron chi connectivity index (χ0n) is 11.4. The first kappa shape index (κ1) is 17.2.